The largest absolute Gasteiger partial charge is 0.311 e. The zero-order chi connectivity index (χ0) is 16.4. The standard InChI is InChI=1S/C16H18Cl2N4O/c1-10-20-15(5-16(23)21-10)11-3-2-4-22(8-11)9-12-13(17)6-19-7-14(12)18/h5-7,11H,2-4,8-9H2,1H3,(H,20,21,23). The molecule has 0 amide bonds. The molecule has 5 nitrogen and oxygen atoms in total. The molecule has 1 N–H and O–H groups in total. The van der Waals surface area contributed by atoms with E-state index in [1.54, 1.807) is 18.5 Å². The lowest BCUT2D eigenvalue weighted by atomic mass is 9.94. The number of nitrogens with one attached hydrogen (secondary N) is 1. The smallest absolute Gasteiger partial charge is 0.251 e. The summed E-state index contributed by atoms with van der Waals surface area (Å²) in [5.41, 5.74) is 1.67. The molecular formula is C16H18Cl2N4O. The van der Waals surface area contributed by atoms with Crippen molar-refractivity contribution in [2.75, 3.05) is 13.1 Å². The van der Waals surface area contributed by atoms with Crippen molar-refractivity contribution in [2.45, 2.75) is 32.2 Å². The first kappa shape index (κ1) is 16.4. The summed E-state index contributed by atoms with van der Waals surface area (Å²) in [5, 5.41) is 1.18. The van der Waals surface area contributed by atoms with Crippen LogP contribution in [0.1, 0.15) is 35.8 Å². The molecule has 1 aliphatic rings. The summed E-state index contributed by atoms with van der Waals surface area (Å²) in [5.74, 6) is 0.911. The average Bonchev–Trinajstić information content (AvgIpc) is 2.50. The van der Waals surface area contributed by atoms with E-state index in [0.717, 1.165) is 37.2 Å². The number of aryl methyl sites for hydroxylation is 1. The van der Waals surface area contributed by atoms with Crippen molar-refractivity contribution in [3.63, 3.8) is 0 Å². The molecule has 0 aromatic carbocycles. The Balaban J connectivity index is 1.77. The summed E-state index contributed by atoms with van der Waals surface area (Å²) in [6, 6.07) is 1.60. The molecule has 23 heavy (non-hydrogen) atoms. The first-order valence-corrected chi connectivity index (χ1v) is 8.36. The second-order valence-electron chi connectivity index (χ2n) is 5.91. The number of likely N-dealkylation sites (tertiary alicyclic amines) is 1. The van der Waals surface area contributed by atoms with Crippen LogP contribution in [0.15, 0.2) is 23.3 Å². The number of hydrogen-bond donors (Lipinski definition) is 1. The van der Waals surface area contributed by atoms with Crippen molar-refractivity contribution in [3.05, 3.63) is 55.9 Å². The van der Waals surface area contributed by atoms with E-state index in [9.17, 15) is 4.79 Å². The molecule has 0 aliphatic carbocycles. The number of hydrogen-bond acceptors (Lipinski definition) is 4. The van der Waals surface area contributed by atoms with Crippen molar-refractivity contribution in [3.8, 4) is 0 Å². The highest BCUT2D eigenvalue weighted by atomic mass is 35.5. The quantitative estimate of drug-likeness (QED) is 0.921. The minimum atomic E-state index is -0.0927. The van der Waals surface area contributed by atoms with E-state index < -0.39 is 0 Å². The van der Waals surface area contributed by atoms with E-state index in [0.29, 0.717) is 22.4 Å². The van der Waals surface area contributed by atoms with E-state index in [-0.39, 0.29) is 11.5 Å². The molecule has 0 radical (unpaired) electrons. The summed E-state index contributed by atoms with van der Waals surface area (Å²) < 4.78 is 0. The number of aromatic amines is 1. The van der Waals surface area contributed by atoms with Gasteiger partial charge in [-0.15, -0.1) is 0 Å². The molecule has 3 heterocycles. The van der Waals surface area contributed by atoms with E-state index in [2.05, 4.69) is 19.9 Å². The molecule has 0 bridgehead atoms. The number of nitrogens with zero attached hydrogens (tertiary/aromatic N) is 3. The van der Waals surface area contributed by atoms with Gasteiger partial charge in [0, 0.05) is 43.0 Å². The van der Waals surface area contributed by atoms with Crippen LogP contribution in [0, 0.1) is 6.92 Å². The maximum atomic E-state index is 11.7. The summed E-state index contributed by atoms with van der Waals surface area (Å²) in [6.07, 6.45) is 5.32. The van der Waals surface area contributed by atoms with Crippen LogP contribution in [0.4, 0.5) is 0 Å². The molecule has 7 heteroatoms. The molecule has 3 rings (SSSR count). The van der Waals surface area contributed by atoms with Crippen LogP contribution < -0.4 is 5.56 Å². The van der Waals surface area contributed by atoms with Gasteiger partial charge in [-0.3, -0.25) is 14.7 Å². The Morgan fingerprint density at radius 3 is 2.78 bits per heavy atom. The monoisotopic (exact) mass is 352 g/mol. The summed E-state index contributed by atoms with van der Waals surface area (Å²) >= 11 is 12.4. The average molecular weight is 353 g/mol. The number of piperidine rings is 1. The van der Waals surface area contributed by atoms with Gasteiger partial charge in [-0.2, -0.15) is 0 Å². The Hall–Kier alpha value is -1.43. The fourth-order valence-corrected chi connectivity index (χ4v) is 3.55. The SMILES string of the molecule is Cc1nc(C2CCCN(Cc3c(Cl)cncc3Cl)C2)cc(=O)[nH]1. The second kappa shape index (κ2) is 6.99. The zero-order valence-corrected chi connectivity index (χ0v) is 14.4. The van der Waals surface area contributed by atoms with Gasteiger partial charge in [-0.1, -0.05) is 23.2 Å². The van der Waals surface area contributed by atoms with Gasteiger partial charge in [0.05, 0.1) is 15.7 Å². The Bertz CT molecular complexity index is 742. The van der Waals surface area contributed by atoms with Crippen LogP contribution in [0.2, 0.25) is 10.0 Å². The Morgan fingerprint density at radius 2 is 2.09 bits per heavy atom. The molecule has 1 aliphatic heterocycles. The maximum Gasteiger partial charge on any atom is 0.251 e. The lowest BCUT2D eigenvalue weighted by molar-refractivity contribution is 0.198. The van der Waals surface area contributed by atoms with Crippen molar-refractivity contribution >= 4 is 23.2 Å². The maximum absolute atomic E-state index is 11.7. The van der Waals surface area contributed by atoms with Gasteiger partial charge in [0.25, 0.3) is 5.56 Å². The van der Waals surface area contributed by atoms with Gasteiger partial charge in [-0.25, -0.2) is 4.98 Å². The van der Waals surface area contributed by atoms with Gasteiger partial charge in [0.15, 0.2) is 0 Å². The summed E-state index contributed by atoms with van der Waals surface area (Å²) in [4.78, 5) is 25.1. The van der Waals surface area contributed by atoms with E-state index >= 15 is 0 Å². The highest BCUT2D eigenvalue weighted by Crippen LogP contribution is 2.29. The molecule has 2 aromatic rings. The summed E-state index contributed by atoms with van der Waals surface area (Å²) in [7, 11) is 0. The normalized spacial score (nSPS) is 19.0. The fourth-order valence-electron chi connectivity index (χ4n) is 3.06. The van der Waals surface area contributed by atoms with Gasteiger partial charge < -0.3 is 4.98 Å². The third-order valence-corrected chi connectivity index (χ3v) is 4.79. The van der Waals surface area contributed by atoms with Crippen LogP contribution >= 0.6 is 23.2 Å². The van der Waals surface area contributed by atoms with Crippen LogP contribution in [-0.2, 0) is 6.54 Å². The zero-order valence-electron chi connectivity index (χ0n) is 12.9. The highest BCUT2D eigenvalue weighted by molar-refractivity contribution is 6.35. The van der Waals surface area contributed by atoms with Crippen molar-refractivity contribution < 1.29 is 0 Å². The minimum absolute atomic E-state index is 0.0927. The van der Waals surface area contributed by atoms with Crippen molar-refractivity contribution in [1.29, 1.82) is 0 Å². The van der Waals surface area contributed by atoms with Crippen LogP contribution in [0.25, 0.3) is 0 Å². The molecule has 0 saturated carbocycles. The lowest BCUT2D eigenvalue weighted by Gasteiger charge is -2.32. The fraction of sp³-hybridized carbons (Fsp3) is 0.438. The highest BCUT2D eigenvalue weighted by Gasteiger charge is 2.24. The predicted octanol–water partition coefficient (Wildman–Crippen LogP) is 3.16. The van der Waals surface area contributed by atoms with Crippen molar-refractivity contribution in [2.24, 2.45) is 0 Å². The van der Waals surface area contributed by atoms with E-state index in [1.807, 2.05) is 6.92 Å². The van der Waals surface area contributed by atoms with Crippen molar-refractivity contribution in [1.82, 2.24) is 19.9 Å². The third-order valence-electron chi connectivity index (χ3n) is 4.14. The number of halogens is 2. The summed E-state index contributed by atoms with van der Waals surface area (Å²) in [6.45, 7) is 4.30. The number of pyridine rings is 1. The van der Waals surface area contributed by atoms with E-state index in [4.69, 9.17) is 23.2 Å². The number of aromatic nitrogens is 3. The molecule has 1 saturated heterocycles. The van der Waals surface area contributed by atoms with Crippen LogP contribution in [0.3, 0.4) is 0 Å². The topological polar surface area (TPSA) is 61.9 Å². The number of H-pyrrole nitrogens is 1. The molecular weight excluding hydrogens is 335 g/mol. The second-order valence-corrected chi connectivity index (χ2v) is 6.73. The van der Waals surface area contributed by atoms with Crippen LogP contribution in [-0.4, -0.2) is 32.9 Å². The first-order valence-electron chi connectivity index (χ1n) is 7.61. The van der Waals surface area contributed by atoms with Crippen LogP contribution in [0.5, 0.6) is 0 Å². The predicted molar refractivity (Wildman–Crippen MR) is 91.1 cm³/mol. The van der Waals surface area contributed by atoms with Gasteiger partial charge in [0.2, 0.25) is 0 Å². The Morgan fingerprint density at radius 1 is 1.35 bits per heavy atom. The molecule has 0 spiro atoms. The number of rotatable bonds is 3. The minimum Gasteiger partial charge on any atom is -0.311 e. The van der Waals surface area contributed by atoms with Gasteiger partial charge >= 0.3 is 0 Å². The molecule has 2 aromatic heterocycles. The molecule has 1 fully saturated rings. The third kappa shape index (κ3) is 3.91. The van der Waals surface area contributed by atoms with Gasteiger partial charge in [0.1, 0.15) is 5.82 Å². The molecule has 1 atom stereocenters. The van der Waals surface area contributed by atoms with E-state index in [1.165, 1.54) is 0 Å². The Labute approximate surface area is 144 Å². The Kier molecular flexibility index (Phi) is 4.99. The molecule has 122 valence electrons. The van der Waals surface area contributed by atoms with Gasteiger partial charge in [-0.05, 0) is 26.3 Å². The first-order chi connectivity index (χ1) is 11.0. The molecule has 1 unspecified atom stereocenters. The lowest BCUT2D eigenvalue weighted by Crippen LogP contribution is -2.35.